The van der Waals surface area contributed by atoms with Gasteiger partial charge in [0.25, 0.3) is 0 Å². The van der Waals surface area contributed by atoms with E-state index in [1.165, 1.54) is 0 Å². The Hall–Kier alpha value is -0.610. The van der Waals surface area contributed by atoms with Gasteiger partial charge in [-0.3, -0.25) is 0 Å². The lowest BCUT2D eigenvalue weighted by atomic mass is 10.1. The second-order valence-electron chi connectivity index (χ2n) is 2.42. The van der Waals surface area contributed by atoms with E-state index in [2.05, 4.69) is 0 Å². The van der Waals surface area contributed by atoms with Crippen molar-refractivity contribution in [2.24, 2.45) is 0 Å². The van der Waals surface area contributed by atoms with Crippen LogP contribution in [0.1, 0.15) is 11.6 Å². The highest BCUT2D eigenvalue weighted by Gasteiger charge is 2.07. The van der Waals surface area contributed by atoms with Crippen LogP contribution in [0.4, 0.5) is 0 Å². The van der Waals surface area contributed by atoms with E-state index in [1.807, 2.05) is 5.48 Å². The molecule has 0 aliphatic carbocycles. The summed E-state index contributed by atoms with van der Waals surface area (Å²) < 4.78 is 0. The fraction of sp³-hybridized carbons (Fsp3) is 0.250. The lowest BCUT2D eigenvalue weighted by molar-refractivity contribution is 0.0906. The monoisotopic (exact) mass is 187 g/mol. The van der Waals surface area contributed by atoms with E-state index < -0.39 is 6.04 Å². The molecule has 12 heavy (non-hydrogen) atoms. The van der Waals surface area contributed by atoms with Crippen LogP contribution in [0.25, 0.3) is 0 Å². The summed E-state index contributed by atoms with van der Waals surface area (Å²) in [5, 5.41) is 18.0. The third-order valence-electron chi connectivity index (χ3n) is 1.59. The summed E-state index contributed by atoms with van der Waals surface area (Å²) in [6, 6.07) is 6.49. The molecule has 1 rings (SSSR count). The van der Waals surface area contributed by atoms with Crippen LogP contribution in [0.15, 0.2) is 24.3 Å². The minimum absolute atomic E-state index is 0.170. The molecule has 0 radical (unpaired) electrons. The average molecular weight is 188 g/mol. The molecular formula is C8H10ClNO2. The number of benzene rings is 1. The second-order valence-corrected chi connectivity index (χ2v) is 2.86. The zero-order chi connectivity index (χ0) is 8.97. The van der Waals surface area contributed by atoms with Gasteiger partial charge in [-0.25, -0.2) is 0 Å². The van der Waals surface area contributed by atoms with Gasteiger partial charge in [-0.15, -0.1) is 0 Å². The number of hydrogen-bond donors (Lipinski definition) is 3. The van der Waals surface area contributed by atoms with E-state index in [0.717, 1.165) is 5.56 Å². The first-order valence-electron chi connectivity index (χ1n) is 3.54. The van der Waals surface area contributed by atoms with Gasteiger partial charge in [0.1, 0.15) is 0 Å². The summed E-state index contributed by atoms with van der Waals surface area (Å²) in [7, 11) is 0. The van der Waals surface area contributed by atoms with E-state index in [1.54, 1.807) is 24.3 Å². The number of rotatable bonds is 3. The molecule has 1 atom stereocenters. The number of halogens is 1. The summed E-state index contributed by atoms with van der Waals surface area (Å²) in [5.74, 6) is 0. The van der Waals surface area contributed by atoms with Crippen LogP contribution in [0.2, 0.25) is 5.02 Å². The zero-order valence-corrected chi connectivity index (χ0v) is 7.12. The Morgan fingerprint density at radius 3 is 2.75 bits per heavy atom. The van der Waals surface area contributed by atoms with Gasteiger partial charge in [0.15, 0.2) is 0 Å². The van der Waals surface area contributed by atoms with Crippen LogP contribution in [-0.2, 0) is 0 Å². The molecule has 0 bridgehead atoms. The van der Waals surface area contributed by atoms with Gasteiger partial charge in [-0.1, -0.05) is 23.7 Å². The maximum Gasteiger partial charge on any atom is 0.0800 e. The molecule has 0 saturated carbocycles. The van der Waals surface area contributed by atoms with Gasteiger partial charge < -0.3 is 10.3 Å². The van der Waals surface area contributed by atoms with E-state index >= 15 is 0 Å². The van der Waals surface area contributed by atoms with Crippen LogP contribution >= 0.6 is 11.6 Å². The first kappa shape index (κ1) is 9.48. The molecule has 1 aromatic rings. The predicted octanol–water partition coefficient (Wildman–Crippen LogP) is 1.35. The Morgan fingerprint density at radius 2 is 2.25 bits per heavy atom. The maximum absolute atomic E-state index is 8.80. The smallest absolute Gasteiger partial charge is 0.0800 e. The summed E-state index contributed by atoms with van der Waals surface area (Å²) in [5.41, 5.74) is 2.74. The first-order chi connectivity index (χ1) is 5.77. The van der Waals surface area contributed by atoms with Gasteiger partial charge in [0.05, 0.1) is 12.6 Å². The van der Waals surface area contributed by atoms with Crippen molar-refractivity contribution in [2.45, 2.75) is 6.04 Å². The molecule has 0 fully saturated rings. The summed E-state index contributed by atoms with van der Waals surface area (Å²) >= 11 is 5.71. The van der Waals surface area contributed by atoms with Gasteiger partial charge in [0, 0.05) is 5.02 Å². The molecule has 3 N–H and O–H groups in total. The fourth-order valence-corrected chi connectivity index (χ4v) is 1.14. The molecule has 1 unspecified atom stereocenters. The fourth-order valence-electron chi connectivity index (χ4n) is 0.944. The third-order valence-corrected chi connectivity index (χ3v) is 1.82. The lowest BCUT2D eigenvalue weighted by Gasteiger charge is -2.11. The molecular weight excluding hydrogens is 178 g/mol. The molecule has 0 amide bonds. The largest absolute Gasteiger partial charge is 0.394 e. The van der Waals surface area contributed by atoms with E-state index in [0.29, 0.717) is 5.02 Å². The zero-order valence-electron chi connectivity index (χ0n) is 6.37. The van der Waals surface area contributed by atoms with Gasteiger partial charge >= 0.3 is 0 Å². The molecule has 1 aromatic carbocycles. The maximum atomic E-state index is 8.80. The van der Waals surface area contributed by atoms with Crippen LogP contribution in [0.3, 0.4) is 0 Å². The van der Waals surface area contributed by atoms with Crippen molar-refractivity contribution in [1.82, 2.24) is 5.48 Å². The quantitative estimate of drug-likeness (QED) is 0.627. The molecule has 66 valence electrons. The topological polar surface area (TPSA) is 52.5 Å². The van der Waals surface area contributed by atoms with Crippen molar-refractivity contribution in [1.29, 1.82) is 0 Å². The van der Waals surface area contributed by atoms with Crippen molar-refractivity contribution in [3.63, 3.8) is 0 Å². The third kappa shape index (κ3) is 2.19. The number of hydrogen-bond acceptors (Lipinski definition) is 3. The Bertz CT molecular complexity index is 251. The molecule has 0 spiro atoms. The van der Waals surface area contributed by atoms with E-state index in [4.69, 9.17) is 21.9 Å². The number of aliphatic hydroxyl groups excluding tert-OH is 1. The summed E-state index contributed by atoms with van der Waals surface area (Å²) in [6.07, 6.45) is 0. The molecule has 0 heterocycles. The van der Waals surface area contributed by atoms with Gasteiger partial charge in [-0.05, 0) is 17.7 Å². The summed E-state index contributed by atoms with van der Waals surface area (Å²) in [6.45, 7) is -0.170. The molecule has 0 aliphatic heterocycles. The number of nitrogens with one attached hydrogen (secondary N) is 1. The van der Waals surface area contributed by atoms with Crippen LogP contribution in [0, 0.1) is 0 Å². The normalized spacial score (nSPS) is 12.9. The second kappa shape index (κ2) is 4.42. The van der Waals surface area contributed by atoms with Gasteiger partial charge in [0.2, 0.25) is 0 Å². The van der Waals surface area contributed by atoms with Crippen LogP contribution in [0.5, 0.6) is 0 Å². The number of aliphatic hydroxyl groups is 1. The van der Waals surface area contributed by atoms with E-state index in [-0.39, 0.29) is 6.61 Å². The number of hydroxylamine groups is 1. The Balaban J connectivity index is 2.85. The lowest BCUT2D eigenvalue weighted by Crippen LogP contribution is -2.20. The van der Waals surface area contributed by atoms with Crippen molar-refractivity contribution < 1.29 is 10.3 Å². The Kier molecular flexibility index (Phi) is 3.49. The molecule has 0 saturated heterocycles. The molecule has 4 heteroatoms. The Morgan fingerprint density at radius 1 is 1.50 bits per heavy atom. The highest BCUT2D eigenvalue weighted by molar-refractivity contribution is 6.30. The first-order valence-corrected chi connectivity index (χ1v) is 3.91. The minimum atomic E-state index is -0.469. The predicted molar refractivity (Wildman–Crippen MR) is 46.2 cm³/mol. The average Bonchev–Trinajstić information content (AvgIpc) is 2.07. The van der Waals surface area contributed by atoms with Crippen LogP contribution in [-0.4, -0.2) is 16.9 Å². The molecule has 0 aliphatic rings. The van der Waals surface area contributed by atoms with Crippen molar-refractivity contribution in [3.05, 3.63) is 34.9 Å². The van der Waals surface area contributed by atoms with E-state index in [9.17, 15) is 0 Å². The van der Waals surface area contributed by atoms with Crippen LogP contribution < -0.4 is 5.48 Å². The SMILES string of the molecule is OCC(NO)c1cccc(Cl)c1. The highest BCUT2D eigenvalue weighted by Crippen LogP contribution is 2.16. The standard InChI is InChI=1S/C8H10ClNO2/c9-7-3-1-2-6(4-7)8(5-11)10-12/h1-4,8,10-12H,5H2. The summed E-state index contributed by atoms with van der Waals surface area (Å²) in [4.78, 5) is 0. The highest BCUT2D eigenvalue weighted by atomic mass is 35.5. The van der Waals surface area contributed by atoms with Crippen molar-refractivity contribution in [3.8, 4) is 0 Å². The van der Waals surface area contributed by atoms with Crippen molar-refractivity contribution in [2.75, 3.05) is 6.61 Å². The Labute approximate surface area is 75.6 Å². The molecule has 0 aromatic heterocycles. The molecule has 3 nitrogen and oxygen atoms in total. The minimum Gasteiger partial charge on any atom is -0.394 e. The van der Waals surface area contributed by atoms with Crippen molar-refractivity contribution >= 4 is 11.6 Å². The van der Waals surface area contributed by atoms with Gasteiger partial charge in [-0.2, -0.15) is 5.48 Å².